The molecule has 2 aliphatic rings. The molecule has 2 bridgehead atoms. The number of ether oxygens (including phenoxy) is 2. The first-order chi connectivity index (χ1) is 14.4. The number of aromatic nitrogens is 1. The highest BCUT2D eigenvalue weighted by molar-refractivity contribution is 7.07. The molecule has 152 valence electrons. The fraction of sp³-hybridized carbons (Fsp3) is 0.227. The summed E-state index contributed by atoms with van der Waals surface area (Å²) in [6.07, 6.45) is 1.75. The molecule has 0 radical (unpaired) electrons. The molecule has 3 atom stereocenters. The monoisotopic (exact) mass is 440 g/mol. The van der Waals surface area contributed by atoms with Crippen LogP contribution in [0.3, 0.4) is 0 Å². The molecule has 5 rings (SSSR count). The fourth-order valence-electron chi connectivity index (χ4n) is 4.16. The van der Waals surface area contributed by atoms with Gasteiger partial charge >= 0.3 is 5.97 Å². The summed E-state index contributed by atoms with van der Waals surface area (Å²) in [7, 11) is 1.33. The van der Waals surface area contributed by atoms with Gasteiger partial charge in [0.25, 0.3) is 5.56 Å². The van der Waals surface area contributed by atoms with Crippen LogP contribution in [0.25, 0.3) is 6.08 Å². The van der Waals surface area contributed by atoms with Gasteiger partial charge in [0, 0.05) is 10.6 Å². The number of hydrogen-bond donors (Lipinski definition) is 0. The zero-order valence-corrected chi connectivity index (χ0v) is 17.7. The lowest BCUT2D eigenvalue weighted by Crippen LogP contribution is -2.58. The maximum atomic E-state index is 13.4. The molecule has 0 saturated heterocycles. The van der Waals surface area contributed by atoms with Crippen molar-refractivity contribution in [3.8, 4) is 5.75 Å². The van der Waals surface area contributed by atoms with Crippen molar-refractivity contribution in [2.75, 3.05) is 7.11 Å². The highest BCUT2D eigenvalue weighted by Gasteiger charge is 2.55. The molecule has 3 aromatic rings. The highest BCUT2D eigenvalue weighted by atomic mass is 35.5. The molecule has 0 amide bonds. The summed E-state index contributed by atoms with van der Waals surface area (Å²) >= 11 is 7.53. The average molecular weight is 441 g/mol. The van der Waals surface area contributed by atoms with Gasteiger partial charge in [0.1, 0.15) is 11.7 Å². The number of hydrogen-bond acceptors (Lipinski definition) is 6. The van der Waals surface area contributed by atoms with Gasteiger partial charge < -0.3 is 9.47 Å². The van der Waals surface area contributed by atoms with E-state index in [-0.39, 0.29) is 5.56 Å². The van der Waals surface area contributed by atoms with E-state index in [1.165, 1.54) is 18.4 Å². The third-order valence-electron chi connectivity index (χ3n) is 5.53. The van der Waals surface area contributed by atoms with Crippen molar-refractivity contribution >= 4 is 35.0 Å². The first-order valence-corrected chi connectivity index (χ1v) is 10.6. The summed E-state index contributed by atoms with van der Waals surface area (Å²) in [4.78, 5) is 31.4. The van der Waals surface area contributed by atoms with E-state index in [1.807, 2.05) is 42.5 Å². The minimum atomic E-state index is -1.18. The predicted octanol–water partition coefficient (Wildman–Crippen LogP) is 2.51. The van der Waals surface area contributed by atoms with Crippen LogP contribution in [0, 0.1) is 5.92 Å². The first kappa shape index (κ1) is 19.1. The summed E-state index contributed by atoms with van der Waals surface area (Å²) in [6, 6.07) is 14.1. The molecule has 0 spiro atoms. The third-order valence-corrected chi connectivity index (χ3v) is 6.85. The lowest BCUT2D eigenvalue weighted by Gasteiger charge is -2.44. The SMILES string of the molecule is COC(=O)C1C2c3ccccc3OC1(C)N=c1s/c(=C/c3ccccc3Cl)c(=O)n12. The molecule has 30 heavy (non-hydrogen) atoms. The van der Waals surface area contributed by atoms with Crippen LogP contribution in [0.2, 0.25) is 5.02 Å². The molecular weight excluding hydrogens is 424 g/mol. The Morgan fingerprint density at radius 1 is 1.27 bits per heavy atom. The van der Waals surface area contributed by atoms with E-state index in [0.717, 1.165) is 11.1 Å². The second-order valence-corrected chi connectivity index (χ2v) is 8.76. The number of thiazole rings is 1. The van der Waals surface area contributed by atoms with E-state index < -0.39 is 23.7 Å². The lowest BCUT2D eigenvalue weighted by molar-refractivity contribution is -0.158. The van der Waals surface area contributed by atoms with E-state index in [0.29, 0.717) is 20.1 Å². The first-order valence-electron chi connectivity index (χ1n) is 9.36. The number of rotatable bonds is 2. The Labute approximate surface area is 180 Å². The Bertz CT molecular complexity index is 1360. The summed E-state index contributed by atoms with van der Waals surface area (Å²) in [5.74, 6) is -0.652. The summed E-state index contributed by atoms with van der Waals surface area (Å²) in [5.41, 5.74) is 0.0956. The predicted molar refractivity (Wildman–Crippen MR) is 113 cm³/mol. The number of halogens is 1. The second-order valence-electron chi connectivity index (χ2n) is 7.34. The number of esters is 1. The molecule has 8 heteroatoms. The van der Waals surface area contributed by atoms with Gasteiger partial charge in [0.2, 0.25) is 5.72 Å². The van der Waals surface area contributed by atoms with Crippen LogP contribution < -0.4 is 19.6 Å². The molecule has 3 unspecified atom stereocenters. The average Bonchev–Trinajstić information content (AvgIpc) is 3.02. The van der Waals surface area contributed by atoms with Gasteiger partial charge in [-0.2, -0.15) is 0 Å². The standard InChI is InChI=1S/C22H17ClN2O4S/c1-22-17(20(27)28-2)18(13-8-4-6-10-15(13)29-22)25-19(26)16(30-21(25)24-22)11-12-7-3-5-9-14(12)23/h3-11,17-18H,1-2H3/b16-11+. The van der Waals surface area contributed by atoms with Gasteiger partial charge in [-0.05, 0) is 30.7 Å². The second kappa shape index (κ2) is 6.82. The molecular formula is C22H17ClN2O4S. The third kappa shape index (κ3) is 2.73. The van der Waals surface area contributed by atoms with Crippen molar-refractivity contribution in [3.63, 3.8) is 0 Å². The van der Waals surface area contributed by atoms with E-state index in [4.69, 9.17) is 26.1 Å². The number of carbonyl (C=O) groups is 1. The normalized spacial score (nSPS) is 24.3. The van der Waals surface area contributed by atoms with E-state index >= 15 is 0 Å². The largest absolute Gasteiger partial charge is 0.469 e. The minimum absolute atomic E-state index is 0.226. The van der Waals surface area contributed by atoms with Gasteiger partial charge in [-0.15, -0.1) is 0 Å². The van der Waals surface area contributed by atoms with Crippen molar-refractivity contribution < 1.29 is 14.3 Å². The Morgan fingerprint density at radius 3 is 2.77 bits per heavy atom. The molecule has 0 N–H and O–H groups in total. The van der Waals surface area contributed by atoms with Crippen molar-refractivity contribution in [1.82, 2.24) is 4.57 Å². The zero-order chi connectivity index (χ0) is 21.0. The van der Waals surface area contributed by atoms with Gasteiger partial charge in [-0.25, -0.2) is 4.99 Å². The maximum Gasteiger partial charge on any atom is 0.317 e. The highest BCUT2D eigenvalue weighted by Crippen LogP contribution is 2.47. The number of methoxy groups -OCH3 is 1. The van der Waals surface area contributed by atoms with E-state index in [2.05, 4.69) is 0 Å². The van der Waals surface area contributed by atoms with Crippen molar-refractivity contribution in [3.05, 3.63) is 84.4 Å². The van der Waals surface area contributed by atoms with Crippen LogP contribution in [0.4, 0.5) is 0 Å². The molecule has 3 heterocycles. The number of carbonyl (C=O) groups excluding carboxylic acids is 1. The van der Waals surface area contributed by atoms with Gasteiger partial charge in [-0.1, -0.05) is 59.3 Å². The Morgan fingerprint density at radius 2 is 2.00 bits per heavy atom. The fourth-order valence-corrected chi connectivity index (χ4v) is 5.44. The lowest BCUT2D eigenvalue weighted by atomic mass is 9.81. The van der Waals surface area contributed by atoms with Gasteiger partial charge in [0.15, 0.2) is 4.80 Å². The summed E-state index contributed by atoms with van der Waals surface area (Å²) in [5, 5.41) is 0.553. The molecule has 2 aliphatic heterocycles. The van der Waals surface area contributed by atoms with Crippen LogP contribution in [0.5, 0.6) is 5.75 Å². The Balaban J connectivity index is 1.81. The quantitative estimate of drug-likeness (QED) is 0.574. The van der Waals surface area contributed by atoms with Crippen LogP contribution in [0.15, 0.2) is 58.3 Å². The maximum absolute atomic E-state index is 13.4. The Kier molecular flexibility index (Phi) is 4.34. The van der Waals surface area contributed by atoms with Gasteiger partial charge in [-0.3, -0.25) is 14.2 Å². The topological polar surface area (TPSA) is 69.9 Å². The summed E-state index contributed by atoms with van der Waals surface area (Å²) < 4.78 is 13.3. The van der Waals surface area contributed by atoms with Gasteiger partial charge in [0.05, 0.1) is 17.7 Å². The molecule has 2 aromatic carbocycles. The molecule has 1 aromatic heterocycles. The smallest absolute Gasteiger partial charge is 0.317 e. The molecule has 0 saturated carbocycles. The van der Waals surface area contributed by atoms with Crippen molar-refractivity contribution in [2.45, 2.75) is 18.7 Å². The number of benzene rings is 2. The van der Waals surface area contributed by atoms with Crippen LogP contribution in [0.1, 0.15) is 24.1 Å². The molecule has 6 nitrogen and oxygen atoms in total. The number of fused-ring (bicyclic) bond motifs is 6. The Hall–Kier alpha value is -2.90. The number of para-hydroxylation sites is 1. The summed E-state index contributed by atoms with van der Waals surface area (Å²) in [6.45, 7) is 1.75. The van der Waals surface area contributed by atoms with Crippen molar-refractivity contribution in [2.24, 2.45) is 10.9 Å². The van der Waals surface area contributed by atoms with E-state index in [1.54, 1.807) is 23.6 Å². The van der Waals surface area contributed by atoms with E-state index in [9.17, 15) is 9.59 Å². The molecule has 0 fully saturated rings. The molecule has 0 aliphatic carbocycles. The minimum Gasteiger partial charge on any atom is -0.469 e. The zero-order valence-electron chi connectivity index (χ0n) is 16.2. The van der Waals surface area contributed by atoms with Crippen LogP contribution in [-0.2, 0) is 9.53 Å². The van der Waals surface area contributed by atoms with Crippen LogP contribution >= 0.6 is 22.9 Å². The van der Waals surface area contributed by atoms with Crippen LogP contribution in [-0.4, -0.2) is 23.4 Å². The van der Waals surface area contributed by atoms with Crippen molar-refractivity contribution in [1.29, 1.82) is 0 Å². The number of nitrogens with zero attached hydrogens (tertiary/aromatic N) is 2.